The van der Waals surface area contributed by atoms with Gasteiger partial charge in [-0.2, -0.15) is 0 Å². The lowest BCUT2D eigenvalue weighted by Gasteiger charge is -2.40. The van der Waals surface area contributed by atoms with Crippen molar-refractivity contribution in [3.63, 3.8) is 0 Å². The predicted octanol–water partition coefficient (Wildman–Crippen LogP) is 2.65. The normalized spacial score (nSPS) is 20.8. The molecule has 1 amide bonds. The molecule has 0 spiro atoms. The third kappa shape index (κ3) is 3.41. The monoisotopic (exact) mass is 326 g/mol. The number of ether oxygens (including phenoxy) is 1. The van der Waals surface area contributed by atoms with Crippen molar-refractivity contribution in [2.75, 3.05) is 13.7 Å². The van der Waals surface area contributed by atoms with Crippen LogP contribution in [0.4, 0.5) is 0 Å². The highest BCUT2D eigenvalue weighted by Crippen LogP contribution is 2.26. The molecule has 0 radical (unpaired) electrons. The van der Waals surface area contributed by atoms with E-state index in [9.17, 15) is 9.90 Å². The Morgan fingerprint density at radius 2 is 2.08 bits per heavy atom. The van der Waals surface area contributed by atoms with Crippen LogP contribution in [0.2, 0.25) is 0 Å². The van der Waals surface area contributed by atoms with Crippen LogP contribution in [-0.4, -0.2) is 46.7 Å². The molecule has 0 saturated carbocycles. The van der Waals surface area contributed by atoms with E-state index in [4.69, 9.17) is 4.74 Å². The van der Waals surface area contributed by atoms with E-state index < -0.39 is 0 Å². The van der Waals surface area contributed by atoms with Gasteiger partial charge >= 0.3 is 0 Å². The number of carbonyl (C=O) groups is 1. The van der Waals surface area contributed by atoms with Crippen LogP contribution < -0.4 is 0 Å². The Hall–Kier alpha value is -2.40. The van der Waals surface area contributed by atoms with E-state index in [0.717, 1.165) is 24.8 Å². The molecule has 1 saturated heterocycles. The zero-order valence-corrected chi connectivity index (χ0v) is 13.8. The van der Waals surface area contributed by atoms with E-state index in [1.807, 2.05) is 18.2 Å². The fourth-order valence-electron chi connectivity index (χ4n) is 3.34. The maximum absolute atomic E-state index is 12.9. The molecule has 1 fully saturated rings. The number of hydrogen-bond donors (Lipinski definition) is 1. The first-order valence-electron chi connectivity index (χ1n) is 8.22. The zero-order chi connectivity index (χ0) is 16.9. The molecule has 2 atom stereocenters. The van der Waals surface area contributed by atoms with Crippen LogP contribution in [0.15, 0.2) is 48.7 Å². The summed E-state index contributed by atoms with van der Waals surface area (Å²) in [4.78, 5) is 18.8. The number of amides is 1. The van der Waals surface area contributed by atoms with Crippen LogP contribution in [0.3, 0.4) is 0 Å². The molecule has 1 aromatic heterocycles. The molecule has 0 bridgehead atoms. The van der Waals surface area contributed by atoms with Crippen molar-refractivity contribution < 1.29 is 14.6 Å². The van der Waals surface area contributed by atoms with E-state index in [-0.39, 0.29) is 29.5 Å². The van der Waals surface area contributed by atoms with Gasteiger partial charge in [0.05, 0.1) is 12.1 Å². The van der Waals surface area contributed by atoms with Crippen molar-refractivity contribution >= 4 is 5.91 Å². The van der Waals surface area contributed by atoms with Crippen LogP contribution in [-0.2, 0) is 11.2 Å². The summed E-state index contributed by atoms with van der Waals surface area (Å²) in [5, 5.41) is 9.97. The Morgan fingerprint density at radius 1 is 1.29 bits per heavy atom. The van der Waals surface area contributed by atoms with Gasteiger partial charge in [0.15, 0.2) is 5.69 Å². The molecule has 2 aromatic rings. The summed E-state index contributed by atoms with van der Waals surface area (Å²) in [6.45, 7) is 0.645. The first-order chi connectivity index (χ1) is 11.7. The van der Waals surface area contributed by atoms with Gasteiger partial charge < -0.3 is 14.7 Å². The highest BCUT2D eigenvalue weighted by atomic mass is 16.5. The molecular formula is C19H22N2O3. The smallest absolute Gasteiger partial charge is 0.276 e. The maximum Gasteiger partial charge on any atom is 0.276 e. The topological polar surface area (TPSA) is 62.7 Å². The molecule has 1 aromatic carbocycles. The number of aromatic nitrogens is 1. The molecule has 2 heterocycles. The molecule has 0 aliphatic carbocycles. The van der Waals surface area contributed by atoms with Gasteiger partial charge in [-0.1, -0.05) is 30.3 Å². The Balaban J connectivity index is 1.88. The highest BCUT2D eigenvalue weighted by molar-refractivity contribution is 5.95. The summed E-state index contributed by atoms with van der Waals surface area (Å²) in [6.07, 6.45) is 4.03. The number of rotatable bonds is 4. The molecule has 0 unspecified atom stereocenters. The van der Waals surface area contributed by atoms with Gasteiger partial charge in [0.25, 0.3) is 5.91 Å². The van der Waals surface area contributed by atoms with E-state index in [0.29, 0.717) is 6.54 Å². The molecular weight excluding hydrogens is 304 g/mol. The standard InChI is InChI=1S/C19H22N2O3/c1-24-17-10-6-12-21(15(17)13-14-7-3-2-4-8-14)19(23)18-16(22)9-5-11-20-18/h2-5,7-9,11,15,17,22H,6,10,12-13H2,1H3/t15-,17-/m0/s1. The second-order valence-electron chi connectivity index (χ2n) is 6.04. The Labute approximate surface area is 141 Å². The van der Waals surface area contributed by atoms with Gasteiger partial charge in [-0.25, -0.2) is 4.98 Å². The van der Waals surface area contributed by atoms with Crippen molar-refractivity contribution in [3.05, 3.63) is 59.9 Å². The predicted molar refractivity (Wildman–Crippen MR) is 90.9 cm³/mol. The van der Waals surface area contributed by atoms with Gasteiger partial charge in [-0.15, -0.1) is 0 Å². The number of pyridine rings is 1. The Bertz CT molecular complexity index is 690. The summed E-state index contributed by atoms with van der Waals surface area (Å²) in [6, 6.07) is 13.1. The average Bonchev–Trinajstić information content (AvgIpc) is 2.62. The van der Waals surface area contributed by atoms with E-state index in [1.165, 1.54) is 12.3 Å². The van der Waals surface area contributed by atoms with Crippen molar-refractivity contribution in [2.24, 2.45) is 0 Å². The Kier molecular flexibility index (Phi) is 5.11. The lowest BCUT2D eigenvalue weighted by atomic mass is 9.92. The second kappa shape index (κ2) is 7.45. The number of piperidine rings is 1. The van der Waals surface area contributed by atoms with Crippen molar-refractivity contribution in [1.82, 2.24) is 9.88 Å². The summed E-state index contributed by atoms with van der Waals surface area (Å²) < 4.78 is 5.65. The van der Waals surface area contributed by atoms with Gasteiger partial charge in [-0.05, 0) is 37.0 Å². The second-order valence-corrected chi connectivity index (χ2v) is 6.04. The number of aromatic hydroxyl groups is 1. The molecule has 3 rings (SSSR count). The Morgan fingerprint density at radius 3 is 2.79 bits per heavy atom. The van der Waals surface area contributed by atoms with Crippen molar-refractivity contribution in [2.45, 2.75) is 31.4 Å². The quantitative estimate of drug-likeness (QED) is 0.938. The fraction of sp³-hybridized carbons (Fsp3) is 0.368. The van der Waals surface area contributed by atoms with Crippen LogP contribution in [0.1, 0.15) is 28.9 Å². The van der Waals surface area contributed by atoms with E-state index in [2.05, 4.69) is 17.1 Å². The van der Waals surface area contributed by atoms with Crippen LogP contribution in [0.25, 0.3) is 0 Å². The van der Waals surface area contributed by atoms with Gasteiger partial charge in [0.1, 0.15) is 5.75 Å². The molecule has 5 heteroatoms. The molecule has 24 heavy (non-hydrogen) atoms. The summed E-state index contributed by atoms with van der Waals surface area (Å²) in [5.41, 5.74) is 1.27. The average molecular weight is 326 g/mol. The number of methoxy groups -OCH3 is 1. The summed E-state index contributed by atoms with van der Waals surface area (Å²) in [7, 11) is 1.69. The first-order valence-corrected chi connectivity index (χ1v) is 8.22. The molecule has 126 valence electrons. The minimum absolute atomic E-state index is 0.0197. The molecule has 1 aliphatic rings. The summed E-state index contributed by atoms with van der Waals surface area (Å²) in [5.74, 6) is -0.323. The van der Waals surface area contributed by atoms with Gasteiger partial charge in [0, 0.05) is 19.9 Å². The third-order valence-corrected chi connectivity index (χ3v) is 4.56. The number of carbonyl (C=O) groups excluding carboxylic acids is 1. The lowest BCUT2D eigenvalue weighted by molar-refractivity contribution is -0.0121. The van der Waals surface area contributed by atoms with Crippen LogP contribution in [0.5, 0.6) is 5.75 Å². The molecule has 1 aliphatic heterocycles. The first kappa shape index (κ1) is 16.5. The van der Waals surface area contributed by atoms with E-state index in [1.54, 1.807) is 18.1 Å². The van der Waals surface area contributed by atoms with E-state index >= 15 is 0 Å². The number of benzene rings is 1. The largest absolute Gasteiger partial charge is 0.505 e. The number of hydrogen-bond acceptors (Lipinski definition) is 4. The summed E-state index contributed by atoms with van der Waals surface area (Å²) >= 11 is 0. The minimum atomic E-state index is -0.240. The molecule has 1 N–H and O–H groups in total. The highest BCUT2D eigenvalue weighted by Gasteiger charge is 2.36. The van der Waals surface area contributed by atoms with Crippen molar-refractivity contribution in [3.8, 4) is 5.75 Å². The zero-order valence-electron chi connectivity index (χ0n) is 13.8. The van der Waals surface area contributed by atoms with Crippen LogP contribution in [0, 0.1) is 0 Å². The van der Waals surface area contributed by atoms with Gasteiger partial charge in [-0.3, -0.25) is 4.79 Å². The van der Waals surface area contributed by atoms with Crippen molar-refractivity contribution in [1.29, 1.82) is 0 Å². The van der Waals surface area contributed by atoms with Gasteiger partial charge in [0.2, 0.25) is 0 Å². The minimum Gasteiger partial charge on any atom is -0.505 e. The fourth-order valence-corrected chi connectivity index (χ4v) is 3.34. The third-order valence-electron chi connectivity index (χ3n) is 4.56. The number of nitrogens with zero attached hydrogens (tertiary/aromatic N) is 2. The maximum atomic E-state index is 12.9. The molecule has 5 nitrogen and oxygen atoms in total. The SMILES string of the molecule is CO[C@H]1CCCN(C(=O)c2ncccc2O)[C@H]1Cc1ccccc1. The lowest BCUT2D eigenvalue weighted by Crippen LogP contribution is -2.52. The number of likely N-dealkylation sites (tertiary alicyclic amines) is 1. The van der Waals surface area contributed by atoms with Crippen LogP contribution >= 0.6 is 0 Å².